The molecule has 0 amide bonds. The third kappa shape index (κ3) is 5.34. The highest BCUT2D eigenvalue weighted by molar-refractivity contribution is 5.78. The number of anilines is 1. The second-order valence-electron chi connectivity index (χ2n) is 5.57. The Morgan fingerprint density at radius 3 is 2.76 bits per heavy atom. The largest absolute Gasteiger partial charge is 0.480 e. The van der Waals surface area contributed by atoms with Crippen LogP contribution in [0.5, 0.6) is 0 Å². The van der Waals surface area contributed by atoms with Crippen molar-refractivity contribution in [1.82, 2.24) is 5.32 Å². The van der Waals surface area contributed by atoms with Crippen LogP contribution >= 0.6 is 0 Å². The van der Waals surface area contributed by atoms with Crippen LogP contribution in [0.2, 0.25) is 0 Å². The summed E-state index contributed by atoms with van der Waals surface area (Å²) in [4.78, 5) is 13.3. The van der Waals surface area contributed by atoms with E-state index in [9.17, 15) is 14.3 Å². The Morgan fingerprint density at radius 2 is 2.19 bits per heavy atom. The molecule has 0 spiro atoms. The monoisotopic (exact) mass is 296 g/mol. The minimum absolute atomic E-state index is 0.265. The molecule has 21 heavy (non-hydrogen) atoms. The third-order valence-electron chi connectivity index (χ3n) is 3.66. The van der Waals surface area contributed by atoms with E-state index >= 15 is 0 Å². The van der Waals surface area contributed by atoms with Crippen LogP contribution in [0.1, 0.15) is 33.1 Å². The fourth-order valence-electron chi connectivity index (χ4n) is 2.18. The molecule has 0 radical (unpaired) electrons. The third-order valence-corrected chi connectivity index (χ3v) is 3.66. The van der Waals surface area contributed by atoms with Crippen molar-refractivity contribution in [2.75, 3.05) is 25.0 Å². The van der Waals surface area contributed by atoms with Crippen LogP contribution in [0.25, 0.3) is 0 Å². The molecule has 4 nitrogen and oxygen atoms in total. The maximum absolute atomic E-state index is 13.2. The first-order valence-electron chi connectivity index (χ1n) is 7.34. The Balaban J connectivity index is 2.52. The van der Waals surface area contributed by atoms with Crippen molar-refractivity contribution >= 4 is 11.7 Å². The summed E-state index contributed by atoms with van der Waals surface area (Å²) in [6, 6.07) is 6.40. The van der Waals surface area contributed by atoms with Gasteiger partial charge in [-0.25, -0.2) is 4.39 Å². The maximum atomic E-state index is 13.2. The Bertz CT molecular complexity index is 467. The van der Waals surface area contributed by atoms with Crippen LogP contribution in [0, 0.1) is 5.82 Å². The molecule has 0 aliphatic heterocycles. The molecule has 0 aliphatic rings. The number of halogens is 1. The molecular formula is C16H25FN2O2. The first-order valence-corrected chi connectivity index (χ1v) is 7.34. The second kappa shape index (κ2) is 7.98. The topological polar surface area (TPSA) is 52.6 Å². The van der Waals surface area contributed by atoms with Gasteiger partial charge in [0, 0.05) is 19.3 Å². The SMILES string of the molecule is CCCNC(C)(CCCN(C)c1cccc(F)c1)C(=O)O. The van der Waals surface area contributed by atoms with Crippen molar-refractivity contribution < 1.29 is 14.3 Å². The fraction of sp³-hybridized carbons (Fsp3) is 0.562. The number of aliphatic carboxylic acids is 1. The first-order chi connectivity index (χ1) is 9.89. The van der Waals surface area contributed by atoms with Gasteiger partial charge >= 0.3 is 5.97 Å². The van der Waals surface area contributed by atoms with Gasteiger partial charge in [0.15, 0.2) is 0 Å². The van der Waals surface area contributed by atoms with E-state index in [4.69, 9.17) is 0 Å². The Hall–Kier alpha value is -1.62. The molecule has 0 aromatic heterocycles. The lowest BCUT2D eigenvalue weighted by Crippen LogP contribution is -2.50. The lowest BCUT2D eigenvalue weighted by Gasteiger charge is -2.28. The number of carbonyl (C=O) groups is 1. The molecule has 118 valence electrons. The van der Waals surface area contributed by atoms with Gasteiger partial charge < -0.3 is 15.3 Å². The fourth-order valence-corrected chi connectivity index (χ4v) is 2.18. The van der Waals surface area contributed by atoms with E-state index in [1.165, 1.54) is 12.1 Å². The van der Waals surface area contributed by atoms with Crippen molar-refractivity contribution in [3.63, 3.8) is 0 Å². The number of hydrogen-bond donors (Lipinski definition) is 2. The van der Waals surface area contributed by atoms with E-state index < -0.39 is 11.5 Å². The molecule has 1 atom stereocenters. The lowest BCUT2D eigenvalue weighted by molar-refractivity contribution is -0.144. The molecule has 1 aromatic carbocycles. The van der Waals surface area contributed by atoms with E-state index in [2.05, 4.69) is 5.32 Å². The van der Waals surface area contributed by atoms with Crippen LogP contribution in [0.3, 0.4) is 0 Å². The number of carboxylic acid groups (broad SMARTS) is 1. The summed E-state index contributed by atoms with van der Waals surface area (Å²) < 4.78 is 13.2. The molecule has 0 bridgehead atoms. The van der Waals surface area contributed by atoms with Gasteiger partial charge in [-0.1, -0.05) is 13.0 Å². The minimum atomic E-state index is -0.904. The molecule has 0 fully saturated rings. The van der Waals surface area contributed by atoms with Crippen molar-refractivity contribution in [3.8, 4) is 0 Å². The van der Waals surface area contributed by atoms with Crippen molar-refractivity contribution in [1.29, 1.82) is 0 Å². The van der Waals surface area contributed by atoms with Crippen LogP contribution in [-0.2, 0) is 4.79 Å². The van der Waals surface area contributed by atoms with Crippen LogP contribution in [0.4, 0.5) is 10.1 Å². The van der Waals surface area contributed by atoms with Gasteiger partial charge in [0.2, 0.25) is 0 Å². The zero-order chi connectivity index (χ0) is 15.9. The number of nitrogens with zero attached hydrogens (tertiary/aromatic N) is 1. The molecule has 5 heteroatoms. The lowest BCUT2D eigenvalue weighted by atomic mass is 9.95. The van der Waals surface area contributed by atoms with Crippen LogP contribution in [0.15, 0.2) is 24.3 Å². The summed E-state index contributed by atoms with van der Waals surface area (Å²) in [5.41, 5.74) is -0.104. The van der Waals surface area contributed by atoms with Gasteiger partial charge in [-0.15, -0.1) is 0 Å². The Labute approximate surface area is 126 Å². The zero-order valence-corrected chi connectivity index (χ0v) is 13.0. The summed E-state index contributed by atoms with van der Waals surface area (Å²) in [5, 5.41) is 12.4. The molecule has 0 heterocycles. The molecule has 1 aromatic rings. The predicted molar refractivity (Wildman–Crippen MR) is 83.2 cm³/mol. The number of benzene rings is 1. The van der Waals surface area contributed by atoms with E-state index in [0.717, 1.165) is 12.1 Å². The zero-order valence-electron chi connectivity index (χ0n) is 13.0. The normalized spacial score (nSPS) is 13.7. The average molecular weight is 296 g/mol. The Morgan fingerprint density at radius 1 is 1.48 bits per heavy atom. The second-order valence-corrected chi connectivity index (χ2v) is 5.57. The van der Waals surface area contributed by atoms with Crippen LogP contribution < -0.4 is 10.2 Å². The predicted octanol–water partition coefficient (Wildman–Crippen LogP) is 2.89. The molecule has 2 N–H and O–H groups in total. The minimum Gasteiger partial charge on any atom is -0.480 e. The van der Waals surface area contributed by atoms with Gasteiger partial charge in [0.05, 0.1) is 0 Å². The smallest absolute Gasteiger partial charge is 0.323 e. The number of carboxylic acids is 1. The summed E-state index contributed by atoms with van der Waals surface area (Å²) in [7, 11) is 1.88. The van der Waals surface area contributed by atoms with E-state index in [-0.39, 0.29) is 5.82 Å². The van der Waals surface area contributed by atoms with Gasteiger partial charge in [-0.2, -0.15) is 0 Å². The quantitative estimate of drug-likeness (QED) is 0.736. The molecule has 0 saturated carbocycles. The highest BCUT2D eigenvalue weighted by Gasteiger charge is 2.31. The average Bonchev–Trinajstić information content (AvgIpc) is 2.44. The number of hydrogen-bond acceptors (Lipinski definition) is 3. The van der Waals surface area contributed by atoms with Crippen molar-refractivity contribution in [3.05, 3.63) is 30.1 Å². The van der Waals surface area contributed by atoms with Crippen molar-refractivity contribution in [2.45, 2.75) is 38.6 Å². The standard InChI is InChI=1S/C16H25FN2O2/c1-4-10-18-16(2,15(20)21)9-6-11-19(3)14-8-5-7-13(17)12-14/h5,7-8,12,18H,4,6,9-11H2,1-3H3,(H,20,21). The first kappa shape index (κ1) is 17.4. The number of rotatable bonds is 9. The highest BCUT2D eigenvalue weighted by atomic mass is 19.1. The van der Waals surface area contributed by atoms with Gasteiger partial charge in [0.1, 0.15) is 11.4 Å². The number of nitrogens with one attached hydrogen (secondary N) is 1. The van der Waals surface area contributed by atoms with E-state index in [1.807, 2.05) is 24.9 Å². The molecule has 0 saturated heterocycles. The molecule has 0 aliphatic carbocycles. The maximum Gasteiger partial charge on any atom is 0.323 e. The Kier molecular flexibility index (Phi) is 6.62. The van der Waals surface area contributed by atoms with E-state index in [1.54, 1.807) is 13.0 Å². The van der Waals surface area contributed by atoms with Gasteiger partial charge in [-0.05, 0) is 50.9 Å². The summed E-state index contributed by atoms with van der Waals surface area (Å²) in [6.07, 6.45) is 2.14. The summed E-state index contributed by atoms with van der Waals surface area (Å²) >= 11 is 0. The van der Waals surface area contributed by atoms with Gasteiger partial charge in [0.25, 0.3) is 0 Å². The molecule has 1 rings (SSSR count). The van der Waals surface area contributed by atoms with Crippen molar-refractivity contribution in [2.24, 2.45) is 0 Å². The van der Waals surface area contributed by atoms with Crippen LogP contribution in [-0.4, -0.2) is 36.8 Å². The summed E-state index contributed by atoms with van der Waals surface area (Å²) in [6.45, 7) is 5.09. The van der Waals surface area contributed by atoms with Gasteiger partial charge in [-0.3, -0.25) is 4.79 Å². The molecule has 1 unspecified atom stereocenters. The van der Waals surface area contributed by atoms with E-state index in [0.29, 0.717) is 25.9 Å². The highest BCUT2D eigenvalue weighted by Crippen LogP contribution is 2.17. The summed E-state index contributed by atoms with van der Waals surface area (Å²) in [5.74, 6) is -1.09. The molecular weight excluding hydrogens is 271 g/mol.